The number of fused-ring (bicyclic) bond motifs is 2. The minimum atomic E-state index is 0.937. The molecule has 110 valence electrons. The lowest BCUT2D eigenvalue weighted by Crippen LogP contribution is -2.41. The summed E-state index contributed by atoms with van der Waals surface area (Å²) in [4.78, 5) is 0. The first-order chi connectivity index (χ1) is 11.4. The smallest absolute Gasteiger partial charge is 0.194 e. The molecule has 3 aromatic rings. The van der Waals surface area contributed by atoms with E-state index in [2.05, 4.69) is 95.7 Å². The standard InChI is InChI=1S/C22H18N/c1-2-9-18(10-3-1)11-8-14-21-20-13-5-4-12-19(20)17-23-16-7-6-15-22(21)23/h1-16H,17H2/q+1. The topological polar surface area (TPSA) is 3.88 Å². The number of hydrogen-bond donors (Lipinski definition) is 0. The third kappa shape index (κ3) is 2.74. The van der Waals surface area contributed by atoms with Crippen LogP contribution in [0.5, 0.6) is 0 Å². The first-order valence-electron chi connectivity index (χ1n) is 7.92. The number of rotatable bonds is 2. The minimum Gasteiger partial charge on any atom is -0.194 e. The fraction of sp³-hybridized carbons (Fsp3) is 0.0455. The minimum absolute atomic E-state index is 0.937. The number of hydrogen-bond acceptors (Lipinski definition) is 0. The summed E-state index contributed by atoms with van der Waals surface area (Å²) in [5.74, 6) is 0. The summed E-state index contributed by atoms with van der Waals surface area (Å²) >= 11 is 0. The summed E-state index contributed by atoms with van der Waals surface area (Å²) in [6.07, 6.45) is 8.67. The van der Waals surface area contributed by atoms with E-state index in [4.69, 9.17) is 0 Å². The Morgan fingerprint density at radius 2 is 1.57 bits per heavy atom. The maximum Gasteiger partial charge on any atom is 0.213 e. The van der Waals surface area contributed by atoms with Crippen LogP contribution in [0.1, 0.15) is 22.4 Å². The molecule has 0 bridgehead atoms. The normalized spacial score (nSPS) is 14.7. The first kappa shape index (κ1) is 13.7. The van der Waals surface area contributed by atoms with Crippen molar-refractivity contribution in [2.45, 2.75) is 6.54 Å². The Kier molecular flexibility index (Phi) is 3.61. The van der Waals surface area contributed by atoms with Gasteiger partial charge >= 0.3 is 0 Å². The fourth-order valence-corrected chi connectivity index (χ4v) is 3.10. The lowest BCUT2D eigenvalue weighted by Gasteiger charge is -2.16. The van der Waals surface area contributed by atoms with Crippen LogP contribution in [-0.4, -0.2) is 0 Å². The van der Waals surface area contributed by atoms with Crippen molar-refractivity contribution in [3.05, 3.63) is 114 Å². The monoisotopic (exact) mass is 296 g/mol. The van der Waals surface area contributed by atoms with Gasteiger partial charge in [0.2, 0.25) is 5.69 Å². The van der Waals surface area contributed by atoms with Gasteiger partial charge in [0, 0.05) is 17.7 Å². The van der Waals surface area contributed by atoms with Gasteiger partial charge in [-0.1, -0.05) is 66.7 Å². The van der Waals surface area contributed by atoms with Crippen molar-refractivity contribution in [2.24, 2.45) is 0 Å². The van der Waals surface area contributed by atoms with Crippen molar-refractivity contribution in [1.82, 2.24) is 0 Å². The van der Waals surface area contributed by atoms with Gasteiger partial charge in [-0.25, -0.2) is 0 Å². The molecule has 0 atom stereocenters. The van der Waals surface area contributed by atoms with Crippen LogP contribution < -0.4 is 4.57 Å². The molecule has 1 heteroatoms. The summed E-state index contributed by atoms with van der Waals surface area (Å²) in [6.45, 7) is 0.937. The van der Waals surface area contributed by atoms with Crippen molar-refractivity contribution >= 4 is 11.6 Å². The highest BCUT2D eigenvalue weighted by molar-refractivity contribution is 5.81. The van der Waals surface area contributed by atoms with E-state index in [9.17, 15) is 0 Å². The Labute approximate surface area is 136 Å². The maximum absolute atomic E-state index is 2.31. The van der Waals surface area contributed by atoms with Crippen LogP contribution in [0, 0.1) is 0 Å². The summed E-state index contributed by atoms with van der Waals surface area (Å²) in [5.41, 5.74) is 6.46. The van der Waals surface area contributed by atoms with E-state index in [0.717, 1.165) is 6.54 Å². The largest absolute Gasteiger partial charge is 0.213 e. The molecule has 1 aliphatic rings. The van der Waals surface area contributed by atoms with Gasteiger partial charge in [0.1, 0.15) is 0 Å². The second-order valence-corrected chi connectivity index (χ2v) is 5.72. The second kappa shape index (κ2) is 6.05. The maximum atomic E-state index is 2.31. The lowest BCUT2D eigenvalue weighted by molar-refractivity contribution is -0.691. The highest BCUT2D eigenvalue weighted by Crippen LogP contribution is 2.28. The Morgan fingerprint density at radius 3 is 2.48 bits per heavy atom. The van der Waals surface area contributed by atoms with E-state index in [0.29, 0.717) is 0 Å². The molecule has 0 amide bonds. The van der Waals surface area contributed by atoms with Gasteiger partial charge in [0.15, 0.2) is 12.7 Å². The predicted octanol–water partition coefficient (Wildman–Crippen LogP) is 4.48. The Morgan fingerprint density at radius 1 is 0.783 bits per heavy atom. The van der Waals surface area contributed by atoms with Crippen LogP contribution >= 0.6 is 0 Å². The van der Waals surface area contributed by atoms with E-state index < -0.39 is 0 Å². The molecule has 0 N–H and O–H groups in total. The third-order valence-corrected chi connectivity index (χ3v) is 4.22. The number of aromatic nitrogens is 1. The summed E-state index contributed by atoms with van der Waals surface area (Å²) in [7, 11) is 0. The molecule has 0 saturated carbocycles. The molecule has 0 aliphatic carbocycles. The Hall–Kier alpha value is -2.93. The predicted molar refractivity (Wildman–Crippen MR) is 94.7 cm³/mol. The van der Waals surface area contributed by atoms with Gasteiger partial charge in [-0.2, -0.15) is 4.57 Å². The highest BCUT2D eigenvalue weighted by atomic mass is 15.0. The van der Waals surface area contributed by atoms with E-state index in [1.165, 1.54) is 28.0 Å². The zero-order valence-corrected chi connectivity index (χ0v) is 12.9. The lowest BCUT2D eigenvalue weighted by atomic mass is 9.92. The van der Waals surface area contributed by atoms with Crippen molar-refractivity contribution in [2.75, 3.05) is 0 Å². The molecule has 1 nitrogen and oxygen atoms in total. The van der Waals surface area contributed by atoms with Gasteiger partial charge in [-0.05, 0) is 23.3 Å². The van der Waals surface area contributed by atoms with Crippen molar-refractivity contribution in [3.8, 4) is 0 Å². The van der Waals surface area contributed by atoms with Crippen LogP contribution in [0.4, 0.5) is 0 Å². The van der Waals surface area contributed by atoms with Crippen LogP contribution in [-0.2, 0) is 6.54 Å². The zero-order chi connectivity index (χ0) is 15.5. The van der Waals surface area contributed by atoms with Gasteiger partial charge in [-0.3, -0.25) is 0 Å². The highest BCUT2D eigenvalue weighted by Gasteiger charge is 2.24. The summed E-state index contributed by atoms with van der Waals surface area (Å²) in [6, 6.07) is 25.5. The number of benzene rings is 2. The van der Waals surface area contributed by atoms with Gasteiger partial charge in [-0.15, -0.1) is 0 Å². The average molecular weight is 296 g/mol. The molecule has 0 unspecified atom stereocenters. The quantitative estimate of drug-likeness (QED) is 0.480. The van der Waals surface area contributed by atoms with Crippen LogP contribution in [0.25, 0.3) is 11.6 Å². The molecular weight excluding hydrogens is 278 g/mol. The summed E-state index contributed by atoms with van der Waals surface area (Å²) < 4.78 is 2.31. The molecule has 4 rings (SSSR count). The van der Waals surface area contributed by atoms with Gasteiger partial charge < -0.3 is 0 Å². The van der Waals surface area contributed by atoms with E-state index in [1.54, 1.807) is 0 Å². The molecule has 0 fully saturated rings. The number of pyridine rings is 1. The van der Waals surface area contributed by atoms with Crippen molar-refractivity contribution < 1.29 is 4.57 Å². The molecule has 0 spiro atoms. The van der Waals surface area contributed by atoms with Crippen LogP contribution in [0.15, 0.2) is 91.1 Å². The molecule has 1 aromatic heterocycles. The van der Waals surface area contributed by atoms with Crippen molar-refractivity contribution in [3.63, 3.8) is 0 Å². The van der Waals surface area contributed by atoms with Crippen LogP contribution in [0.2, 0.25) is 0 Å². The van der Waals surface area contributed by atoms with E-state index >= 15 is 0 Å². The molecule has 2 aromatic carbocycles. The molecule has 1 aliphatic heterocycles. The Balaban J connectivity index is 1.78. The molecule has 0 saturated heterocycles. The molecule has 0 radical (unpaired) electrons. The number of allylic oxidation sites excluding steroid dienone is 2. The first-order valence-corrected chi connectivity index (χ1v) is 7.92. The van der Waals surface area contributed by atoms with Crippen molar-refractivity contribution in [1.29, 1.82) is 0 Å². The van der Waals surface area contributed by atoms with Gasteiger partial charge in [0.25, 0.3) is 0 Å². The zero-order valence-electron chi connectivity index (χ0n) is 12.9. The number of nitrogens with zero attached hydrogens (tertiary/aromatic N) is 1. The Bertz CT molecular complexity index is 841. The van der Waals surface area contributed by atoms with E-state index in [-0.39, 0.29) is 0 Å². The fourth-order valence-electron chi connectivity index (χ4n) is 3.10. The third-order valence-electron chi connectivity index (χ3n) is 4.22. The SMILES string of the molecule is C(=Cc1ccccc1)C=C1c2ccccc2C[n+]2ccccc21. The van der Waals surface area contributed by atoms with Crippen LogP contribution in [0.3, 0.4) is 0 Å². The average Bonchev–Trinajstić information content (AvgIpc) is 2.62. The molecular formula is C22H18N+. The summed E-state index contributed by atoms with van der Waals surface area (Å²) in [5, 5.41) is 0. The van der Waals surface area contributed by atoms with Gasteiger partial charge in [0.05, 0.1) is 5.57 Å². The molecule has 23 heavy (non-hydrogen) atoms. The second-order valence-electron chi connectivity index (χ2n) is 5.72. The molecule has 2 heterocycles. The van der Waals surface area contributed by atoms with E-state index in [1.807, 2.05) is 6.07 Å².